The molecule has 31 heavy (non-hydrogen) atoms. The molecule has 2 aliphatic rings. The number of nitrogens with one attached hydrogen (secondary N) is 1. The minimum atomic E-state index is -1.01. The Bertz CT molecular complexity index is 1100. The summed E-state index contributed by atoms with van der Waals surface area (Å²) in [5.41, 5.74) is 1.73. The lowest BCUT2D eigenvalue weighted by Crippen LogP contribution is -2.63. The third kappa shape index (κ3) is 3.50. The zero-order valence-corrected chi connectivity index (χ0v) is 17.4. The van der Waals surface area contributed by atoms with Gasteiger partial charge >= 0.3 is 0 Å². The molecule has 3 aromatic rings. The molecule has 0 unspecified atom stereocenters. The summed E-state index contributed by atoms with van der Waals surface area (Å²) in [6, 6.07) is 1.87. The predicted octanol–water partition coefficient (Wildman–Crippen LogP) is 3.70. The first-order valence-corrected chi connectivity index (χ1v) is 10.6. The number of rotatable bonds is 4. The quantitative estimate of drug-likeness (QED) is 0.669. The number of imidazole rings is 1. The molecule has 0 amide bonds. The molecule has 0 saturated carbocycles. The molecular formula is C23H25FN6O. The van der Waals surface area contributed by atoms with Gasteiger partial charge in [0.15, 0.2) is 0 Å². The van der Waals surface area contributed by atoms with E-state index in [4.69, 9.17) is 0 Å². The first-order chi connectivity index (χ1) is 14.9. The molecule has 5 heterocycles. The van der Waals surface area contributed by atoms with E-state index in [1.54, 1.807) is 47.9 Å². The number of piperidine rings is 2. The van der Waals surface area contributed by atoms with Gasteiger partial charge in [0.25, 0.3) is 0 Å². The fourth-order valence-electron chi connectivity index (χ4n) is 4.90. The Morgan fingerprint density at radius 3 is 2.87 bits per heavy atom. The van der Waals surface area contributed by atoms with Crippen molar-refractivity contribution in [2.24, 2.45) is 5.92 Å². The molecule has 8 heteroatoms. The number of pyridine rings is 1. The highest BCUT2D eigenvalue weighted by Crippen LogP contribution is 2.43. The van der Waals surface area contributed by atoms with Gasteiger partial charge < -0.3 is 10.4 Å². The van der Waals surface area contributed by atoms with Crippen LogP contribution in [0.4, 0.5) is 4.39 Å². The molecule has 160 valence electrons. The van der Waals surface area contributed by atoms with Crippen LogP contribution in [0.5, 0.6) is 5.75 Å². The highest BCUT2D eigenvalue weighted by molar-refractivity contribution is 5.68. The summed E-state index contributed by atoms with van der Waals surface area (Å²) in [5, 5.41) is 13.9. The number of fused-ring (bicyclic) bond motifs is 2. The number of aromatic hydroxyl groups is 1. The second kappa shape index (κ2) is 7.53. The van der Waals surface area contributed by atoms with Crippen molar-refractivity contribution in [3.8, 4) is 22.8 Å². The number of hydrogen-bond donors (Lipinski definition) is 2. The Morgan fingerprint density at radius 2 is 2.16 bits per heavy atom. The van der Waals surface area contributed by atoms with Gasteiger partial charge in [0.2, 0.25) is 0 Å². The third-order valence-electron chi connectivity index (χ3n) is 6.62. The van der Waals surface area contributed by atoms with Crippen LogP contribution in [0.25, 0.3) is 22.6 Å². The van der Waals surface area contributed by atoms with E-state index in [1.807, 2.05) is 6.92 Å². The predicted molar refractivity (Wildman–Crippen MR) is 115 cm³/mol. The first kappa shape index (κ1) is 19.8. The fourth-order valence-corrected chi connectivity index (χ4v) is 4.90. The number of aromatic nitrogens is 5. The number of hydrogen-bond acceptors (Lipinski definition) is 6. The molecule has 2 aliphatic heterocycles. The number of halogens is 1. The summed E-state index contributed by atoms with van der Waals surface area (Å²) < 4.78 is 17.1. The van der Waals surface area contributed by atoms with Crippen molar-refractivity contribution in [1.29, 1.82) is 0 Å². The van der Waals surface area contributed by atoms with Gasteiger partial charge in [-0.2, -0.15) is 0 Å². The van der Waals surface area contributed by atoms with Crippen LogP contribution in [-0.4, -0.2) is 47.4 Å². The molecule has 5 rings (SSSR count). The Labute approximate surface area is 180 Å². The molecular weight excluding hydrogens is 395 g/mol. The van der Waals surface area contributed by atoms with E-state index in [2.05, 4.69) is 31.8 Å². The monoisotopic (exact) mass is 420 g/mol. The molecule has 0 aromatic carbocycles. The maximum atomic E-state index is 15.4. The van der Waals surface area contributed by atoms with Crippen molar-refractivity contribution in [3.63, 3.8) is 0 Å². The van der Waals surface area contributed by atoms with Gasteiger partial charge in [0, 0.05) is 42.2 Å². The van der Waals surface area contributed by atoms with Crippen LogP contribution in [0.1, 0.15) is 38.3 Å². The smallest absolute Gasteiger partial charge is 0.141 e. The third-order valence-corrected chi connectivity index (χ3v) is 6.62. The zero-order valence-electron chi connectivity index (χ0n) is 17.4. The minimum Gasteiger partial charge on any atom is -0.507 e. The van der Waals surface area contributed by atoms with E-state index in [0.29, 0.717) is 34.4 Å². The standard InChI is InChI=1S/C23H25FN6O/c1-14(16-8-15-4-3-5-23(2,29-15)22(16)24)18-11-27-19(12-26-18)17-10-28-21(9-20(17)31)30-7-6-25-13-30/h6-7,9-13,15-16,22,29H,1,3-5,8H2,2H3,(H,28,31)/t15-,16+,22+,23+/m1/s1. The van der Waals surface area contributed by atoms with E-state index < -0.39 is 11.7 Å². The van der Waals surface area contributed by atoms with E-state index >= 15 is 4.39 Å². The van der Waals surface area contributed by atoms with Crippen molar-refractivity contribution in [2.75, 3.05) is 0 Å². The highest BCUT2D eigenvalue weighted by atomic mass is 19.1. The summed E-state index contributed by atoms with van der Waals surface area (Å²) in [6.45, 7) is 6.15. The number of alkyl halides is 1. The van der Waals surface area contributed by atoms with Gasteiger partial charge in [-0.05, 0) is 38.2 Å². The summed E-state index contributed by atoms with van der Waals surface area (Å²) in [5.74, 6) is 0.319. The fraction of sp³-hybridized carbons (Fsp3) is 0.391. The van der Waals surface area contributed by atoms with Gasteiger partial charge in [0.1, 0.15) is 24.1 Å². The van der Waals surface area contributed by atoms with Crippen molar-refractivity contribution >= 4 is 5.57 Å². The van der Waals surface area contributed by atoms with Crippen molar-refractivity contribution in [1.82, 2.24) is 29.8 Å². The second-order valence-electron chi connectivity index (χ2n) is 8.74. The molecule has 2 N–H and O–H groups in total. The summed E-state index contributed by atoms with van der Waals surface area (Å²) in [6.07, 6.45) is 12.4. The molecule has 2 saturated heterocycles. The van der Waals surface area contributed by atoms with E-state index in [1.165, 1.54) is 0 Å². The van der Waals surface area contributed by atoms with Gasteiger partial charge in [-0.15, -0.1) is 0 Å². The van der Waals surface area contributed by atoms with Crippen LogP contribution in [0, 0.1) is 5.92 Å². The normalized spacial score (nSPS) is 27.7. The van der Waals surface area contributed by atoms with Gasteiger partial charge in [-0.1, -0.05) is 6.58 Å². The molecule has 4 atom stereocenters. The SMILES string of the molecule is C=C(c1cnc(-c2cnc(-n3ccnc3)cc2O)cn1)[C@@H]1C[C@H]2CCC[C@](C)(N2)[C@H]1F. The van der Waals surface area contributed by atoms with Crippen LogP contribution >= 0.6 is 0 Å². The van der Waals surface area contributed by atoms with E-state index in [0.717, 1.165) is 25.7 Å². The van der Waals surface area contributed by atoms with Crippen LogP contribution in [0.3, 0.4) is 0 Å². The molecule has 3 aromatic heterocycles. The summed E-state index contributed by atoms with van der Waals surface area (Å²) in [4.78, 5) is 17.3. The molecule has 2 fully saturated rings. The second-order valence-corrected chi connectivity index (χ2v) is 8.74. The maximum absolute atomic E-state index is 15.4. The van der Waals surface area contributed by atoms with E-state index in [9.17, 15) is 5.11 Å². The molecule has 0 aliphatic carbocycles. The topological polar surface area (TPSA) is 88.8 Å². The lowest BCUT2D eigenvalue weighted by molar-refractivity contribution is 0.0325. The summed E-state index contributed by atoms with van der Waals surface area (Å²) in [7, 11) is 0. The van der Waals surface area contributed by atoms with Crippen molar-refractivity contribution < 1.29 is 9.50 Å². The van der Waals surface area contributed by atoms with Crippen molar-refractivity contribution in [2.45, 2.75) is 50.4 Å². The Hall–Kier alpha value is -3.13. The largest absolute Gasteiger partial charge is 0.507 e. The average molecular weight is 420 g/mol. The molecule has 0 radical (unpaired) electrons. The minimum absolute atomic E-state index is 0.0440. The molecule has 7 nitrogen and oxygen atoms in total. The van der Waals surface area contributed by atoms with Gasteiger partial charge in [-0.25, -0.2) is 14.4 Å². The highest BCUT2D eigenvalue weighted by Gasteiger charge is 2.48. The zero-order chi connectivity index (χ0) is 21.6. The lowest BCUT2D eigenvalue weighted by atomic mass is 9.69. The lowest BCUT2D eigenvalue weighted by Gasteiger charge is -2.50. The maximum Gasteiger partial charge on any atom is 0.141 e. The average Bonchev–Trinajstić information content (AvgIpc) is 3.31. The first-order valence-electron chi connectivity index (χ1n) is 10.6. The number of nitrogens with zero attached hydrogens (tertiary/aromatic N) is 5. The van der Waals surface area contributed by atoms with Gasteiger partial charge in [-0.3, -0.25) is 14.5 Å². The Balaban J connectivity index is 1.37. The van der Waals surface area contributed by atoms with Crippen LogP contribution < -0.4 is 5.32 Å². The summed E-state index contributed by atoms with van der Waals surface area (Å²) >= 11 is 0. The van der Waals surface area contributed by atoms with Crippen LogP contribution in [0.15, 0.2) is 50.0 Å². The van der Waals surface area contributed by atoms with Crippen LogP contribution in [0.2, 0.25) is 0 Å². The van der Waals surface area contributed by atoms with Crippen molar-refractivity contribution in [3.05, 3.63) is 55.7 Å². The van der Waals surface area contributed by atoms with E-state index in [-0.39, 0.29) is 11.7 Å². The number of allylic oxidation sites excluding steroid dienone is 1. The molecule has 0 spiro atoms. The Kier molecular flexibility index (Phi) is 4.81. The molecule has 2 bridgehead atoms. The van der Waals surface area contributed by atoms with Gasteiger partial charge in [0.05, 0.1) is 29.3 Å². The van der Waals surface area contributed by atoms with Crippen LogP contribution in [-0.2, 0) is 0 Å². The Morgan fingerprint density at radius 1 is 1.29 bits per heavy atom.